The maximum atomic E-state index is 5.34. The van der Waals surface area contributed by atoms with Gasteiger partial charge in [-0.2, -0.15) is 10.2 Å². The highest BCUT2D eigenvalue weighted by atomic mass is 32.1. The molecule has 1 saturated heterocycles. The summed E-state index contributed by atoms with van der Waals surface area (Å²) >= 11 is 10.7. The Labute approximate surface area is 232 Å². The fourth-order valence-corrected chi connectivity index (χ4v) is 3.83. The zero-order chi connectivity index (χ0) is 27.3. The molecule has 0 spiro atoms. The molecule has 1 fully saturated rings. The Kier molecular flexibility index (Phi) is 11.3. The summed E-state index contributed by atoms with van der Waals surface area (Å²) in [5.74, 6) is 2.57. The molecule has 0 atom stereocenters. The Bertz CT molecular complexity index is 1070. The smallest absolute Gasteiger partial charge is 0.201 e. The van der Waals surface area contributed by atoms with Crippen molar-refractivity contribution in [3.05, 3.63) is 47.5 Å². The van der Waals surface area contributed by atoms with Crippen LogP contribution in [0.5, 0.6) is 23.0 Å². The quantitative estimate of drug-likeness (QED) is 0.192. The fourth-order valence-electron chi connectivity index (χ4n) is 3.46. The predicted molar refractivity (Wildman–Crippen MR) is 155 cm³/mol. The summed E-state index contributed by atoms with van der Waals surface area (Å²) in [7, 11) is 6.36. The summed E-state index contributed by atoms with van der Waals surface area (Å²) < 4.78 is 21.1. The minimum absolute atomic E-state index is 0.393. The van der Waals surface area contributed by atoms with Crippen molar-refractivity contribution >= 4 is 47.1 Å². The van der Waals surface area contributed by atoms with E-state index in [4.69, 9.17) is 43.4 Å². The van der Waals surface area contributed by atoms with Gasteiger partial charge >= 0.3 is 0 Å². The van der Waals surface area contributed by atoms with Crippen LogP contribution in [0.15, 0.2) is 46.6 Å². The van der Waals surface area contributed by atoms with Crippen LogP contribution in [0.2, 0.25) is 0 Å². The van der Waals surface area contributed by atoms with Gasteiger partial charge in [0, 0.05) is 26.2 Å². The highest BCUT2D eigenvalue weighted by Gasteiger charge is 2.18. The fraction of sp³-hybridized carbons (Fsp3) is 0.333. The van der Waals surface area contributed by atoms with Gasteiger partial charge < -0.3 is 18.9 Å². The van der Waals surface area contributed by atoms with Crippen molar-refractivity contribution in [1.82, 2.24) is 31.7 Å². The lowest BCUT2D eigenvalue weighted by atomic mass is 10.2. The summed E-state index contributed by atoms with van der Waals surface area (Å²) in [5.41, 5.74) is 13.6. The molecule has 0 radical (unpaired) electrons. The summed E-state index contributed by atoms with van der Waals surface area (Å²) in [6.07, 6.45) is 3.30. The van der Waals surface area contributed by atoms with E-state index in [2.05, 4.69) is 31.9 Å². The highest BCUT2D eigenvalue weighted by Crippen LogP contribution is 2.27. The maximum Gasteiger partial charge on any atom is 0.201 e. The van der Waals surface area contributed by atoms with Crippen molar-refractivity contribution in [1.29, 1.82) is 0 Å². The van der Waals surface area contributed by atoms with Crippen LogP contribution in [0.3, 0.4) is 0 Å². The molecule has 2 aromatic rings. The van der Waals surface area contributed by atoms with Crippen molar-refractivity contribution in [2.75, 3.05) is 54.6 Å². The van der Waals surface area contributed by atoms with E-state index in [0.29, 0.717) is 59.4 Å². The van der Waals surface area contributed by atoms with E-state index < -0.39 is 0 Å². The molecule has 12 nitrogen and oxygen atoms in total. The molecular formula is C24H32N8O4S2. The van der Waals surface area contributed by atoms with Crippen LogP contribution in [-0.4, -0.2) is 87.3 Å². The number of nitrogens with zero attached hydrogens (tertiary/aromatic N) is 4. The lowest BCUT2D eigenvalue weighted by molar-refractivity contribution is 0.0936. The first kappa shape index (κ1) is 28.8. The van der Waals surface area contributed by atoms with Crippen molar-refractivity contribution in [3.63, 3.8) is 0 Å². The van der Waals surface area contributed by atoms with Crippen LogP contribution < -0.4 is 40.7 Å². The maximum absolute atomic E-state index is 5.34. The number of thiocarbonyl (C=S) groups is 2. The molecule has 0 aromatic heterocycles. The van der Waals surface area contributed by atoms with E-state index >= 15 is 0 Å². The average molecular weight is 561 g/mol. The Balaban J connectivity index is 1.36. The van der Waals surface area contributed by atoms with Gasteiger partial charge in [-0.25, -0.2) is 10.0 Å². The van der Waals surface area contributed by atoms with Gasteiger partial charge in [-0.15, -0.1) is 0 Å². The first-order valence-corrected chi connectivity index (χ1v) is 12.4. The number of nitrogens with one attached hydrogen (secondary N) is 4. The number of hydrogen-bond donors (Lipinski definition) is 4. The molecule has 2 aromatic carbocycles. The Hall–Kier alpha value is -3.72. The number of benzene rings is 2. The van der Waals surface area contributed by atoms with Crippen LogP contribution in [0.1, 0.15) is 11.1 Å². The lowest BCUT2D eigenvalue weighted by Crippen LogP contribution is -2.59. The van der Waals surface area contributed by atoms with E-state index in [0.717, 1.165) is 11.1 Å². The van der Waals surface area contributed by atoms with E-state index in [9.17, 15) is 0 Å². The van der Waals surface area contributed by atoms with Gasteiger partial charge in [-0.3, -0.25) is 21.7 Å². The molecule has 1 aliphatic rings. The topological polar surface area (TPSA) is 116 Å². The third-order valence-electron chi connectivity index (χ3n) is 5.37. The molecule has 0 unspecified atom stereocenters. The Morgan fingerprint density at radius 3 is 1.37 bits per heavy atom. The van der Waals surface area contributed by atoms with Gasteiger partial charge in [0.1, 0.15) is 0 Å². The SMILES string of the molecule is COc1ccc(C=NNC(=S)NN2CCN(NC(=S)NN=Cc3ccc(OC)c(OC)c3)CC2)cc1OC. The molecule has 14 heteroatoms. The summed E-state index contributed by atoms with van der Waals surface area (Å²) in [4.78, 5) is 0. The van der Waals surface area contributed by atoms with E-state index in [-0.39, 0.29) is 0 Å². The Morgan fingerprint density at radius 2 is 1.03 bits per heavy atom. The van der Waals surface area contributed by atoms with Gasteiger partial charge in [0.15, 0.2) is 23.0 Å². The molecule has 0 amide bonds. The van der Waals surface area contributed by atoms with Crippen LogP contribution in [0, 0.1) is 0 Å². The number of methoxy groups -OCH3 is 4. The van der Waals surface area contributed by atoms with Crippen LogP contribution in [0.25, 0.3) is 0 Å². The van der Waals surface area contributed by atoms with Gasteiger partial charge in [-0.05, 0) is 72.0 Å². The summed E-state index contributed by atoms with van der Waals surface area (Å²) in [5, 5.41) is 13.2. The van der Waals surface area contributed by atoms with Gasteiger partial charge in [-0.1, -0.05) is 0 Å². The average Bonchev–Trinajstić information content (AvgIpc) is 2.93. The van der Waals surface area contributed by atoms with Crippen molar-refractivity contribution in [2.45, 2.75) is 0 Å². The molecule has 204 valence electrons. The zero-order valence-electron chi connectivity index (χ0n) is 21.7. The molecule has 0 saturated carbocycles. The van der Waals surface area contributed by atoms with Crippen LogP contribution in [-0.2, 0) is 0 Å². The van der Waals surface area contributed by atoms with E-state index in [1.54, 1.807) is 40.9 Å². The standard InChI is InChI=1S/C24H32N8O4S2/c1-33-19-7-5-17(13-21(19)35-3)15-25-27-23(37)29-31-9-11-32(12-10-31)30-24(38)28-26-16-18-6-8-20(34-2)22(14-18)36-4/h5-8,13-16H,9-12H2,1-4H3,(H2,27,29,37)(H2,28,30,38). The summed E-state index contributed by atoms with van der Waals surface area (Å²) in [6, 6.07) is 11.0. The number of hydrazine groups is 2. The summed E-state index contributed by atoms with van der Waals surface area (Å²) in [6.45, 7) is 2.86. The third-order valence-corrected chi connectivity index (χ3v) is 5.74. The van der Waals surface area contributed by atoms with Gasteiger partial charge in [0.25, 0.3) is 0 Å². The molecule has 1 aliphatic heterocycles. The van der Waals surface area contributed by atoms with Crippen LogP contribution >= 0.6 is 24.4 Å². The monoisotopic (exact) mass is 560 g/mol. The molecule has 3 rings (SSSR count). The van der Waals surface area contributed by atoms with Crippen molar-refractivity contribution in [3.8, 4) is 23.0 Å². The molecule has 0 aliphatic carbocycles. The lowest BCUT2D eigenvalue weighted by Gasteiger charge is -2.35. The second-order valence-electron chi connectivity index (χ2n) is 7.82. The van der Waals surface area contributed by atoms with Gasteiger partial charge in [0.2, 0.25) is 10.2 Å². The largest absolute Gasteiger partial charge is 0.493 e. The first-order chi connectivity index (χ1) is 18.4. The molecule has 4 N–H and O–H groups in total. The normalized spacial score (nSPS) is 14.2. The number of piperazine rings is 1. The van der Waals surface area contributed by atoms with E-state index in [1.165, 1.54) is 0 Å². The number of hydrazone groups is 2. The van der Waals surface area contributed by atoms with Gasteiger partial charge in [0.05, 0.1) is 40.9 Å². The number of rotatable bonds is 10. The van der Waals surface area contributed by atoms with E-state index in [1.807, 2.05) is 46.4 Å². The number of hydrogen-bond acceptors (Lipinski definition) is 10. The highest BCUT2D eigenvalue weighted by molar-refractivity contribution is 7.80. The zero-order valence-corrected chi connectivity index (χ0v) is 23.3. The molecule has 38 heavy (non-hydrogen) atoms. The van der Waals surface area contributed by atoms with Crippen molar-refractivity contribution in [2.24, 2.45) is 10.2 Å². The van der Waals surface area contributed by atoms with Crippen LogP contribution in [0.4, 0.5) is 0 Å². The predicted octanol–water partition coefficient (Wildman–Crippen LogP) is 1.46. The molecular weight excluding hydrogens is 528 g/mol. The first-order valence-electron chi connectivity index (χ1n) is 11.6. The second kappa shape index (κ2) is 14.9. The number of ether oxygens (including phenoxy) is 4. The second-order valence-corrected chi connectivity index (χ2v) is 8.64. The van der Waals surface area contributed by atoms with Crippen molar-refractivity contribution < 1.29 is 18.9 Å². The third kappa shape index (κ3) is 8.69. The Morgan fingerprint density at radius 1 is 0.658 bits per heavy atom. The molecule has 1 heterocycles. The molecule has 0 bridgehead atoms. The minimum atomic E-state index is 0.393. The minimum Gasteiger partial charge on any atom is -0.493 e.